The SMILES string of the molecule is CCOc1ccc(C(=O)O)cc1-c1cc(-c2ccccc2OCC)n(CC(C)C)n1. The molecule has 0 aliphatic heterocycles. The van der Waals surface area contributed by atoms with Crippen LogP contribution in [0.4, 0.5) is 0 Å². The van der Waals surface area contributed by atoms with Crippen LogP contribution in [0.3, 0.4) is 0 Å². The van der Waals surface area contributed by atoms with E-state index in [1.807, 2.05) is 48.9 Å². The van der Waals surface area contributed by atoms with Crippen molar-refractivity contribution < 1.29 is 19.4 Å². The van der Waals surface area contributed by atoms with Crippen molar-refractivity contribution in [2.75, 3.05) is 13.2 Å². The van der Waals surface area contributed by atoms with E-state index in [2.05, 4.69) is 13.8 Å². The van der Waals surface area contributed by atoms with Crippen molar-refractivity contribution in [3.8, 4) is 34.0 Å². The van der Waals surface area contributed by atoms with Crippen LogP contribution < -0.4 is 9.47 Å². The van der Waals surface area contributed by atoms with E-state index in [1.165, 1.54) is 0 Å². The molecule has 0 saturated carbocycles. The van der Waals surface area contributed by atoms with Crippen molar-refractivity contribution in [1.29, 1.82) is 0 Å². The van der Waals surface area contributed by atoms with Crippen LogP contribution in [-0.4, -0.2) is 34.1 Å². The minimum atomic E-state index is -0.983. The fourth-order valence-electron chi connectivity index (χ4n) is 3.35. The minimum absolute atomic E-state index is 0.197. The molecule has 0 fully saturated rings. The highest BCUT2D eigenvalue weighted by Gasteiger charge is 2.19. The number of carboxylic acid groups (broad SMARTS) is 1. The van der Waals surface area contributed by atoms with Gasteiger partial charge in [-0.05, 0) is 56.2 Å². The Kier molecular flexibility index (Phi) is 6.77. The van der Waals surface area contributed by atoms with Crippen molar-refractivity contribution >= 4 is 5.97 Å². The number of ether oxygens (including phenoxy) is 2. The largest absolute Gasteiger partial charge is 0.493 e. The molecule has 0 aliphatic rings. The highest BCUT2D eigenvalue weighted by Crippen LogP contribution is 2.36. The molecule has 2 aromatic carbocycles. The van der Waals surface area contributed by atoms with Crippen LogP contribution in [0, 0.1) is 5.92 Å². The van der Waals surface area contributed by atoms with Crippen molar-refractivity contribution in [2.24, 2.45) is 5.92 Å². The summed E-state index contributed by atoms with van der Waals surface area (Å²) in [6.45, 7) is 9.89. The summed E-state index contributed by atoms with van der Waals surface area (Å²) in [6, 6.07) is 14.7. The second kappa shape index (κ2) is 9.48. The molecule has 3 rings (SSSR count). The summed E-state index contributed by atoms with van der Waals surface area (Å²) in [5.41, 5.74) is 3.40. The number of para-hydroxylation sites is 1. The molecule has 0 amide bonds. The number of hydrogen-bond donors (Lipinski definition) is 1. The van der Waals surface area contributed by atoms with Crippen LogP contribution in [0.2, 0.25) is 0 Å². The molecule has 0 bridgehead atoms. The van der Waals surface area contributed by atoms with Crippen molar-refractivity contribution in [2.45, 2.75) is 34.2 Å². The number of aromatic carboxylic acids is 1. The summed E-state index contributed by atoms with van der Waals surface area (Å²) >= 11 is 0. The zero-order valence-electron chi connectivity index (χ0n) is 17.9. The van der Waals surface area contributed by atoms with Gasteiger partial charge >= 0.3 is 5.97 Å². The van der Waals surface area contributed by atoms with Crippen LogP contribution in [0.25, 0.3) is 22.5 Å². The van der Waals surface area contributed by atoms with Crippen molar-refractivity contribution in [1.82, 2.24) is 9.78 Å². The van der Waals surface area contributed by atoms with E-state index in [1.54, 1.807) is 18.2 Å². The second-order valence-electron chi connectivity index (χ2n) is 7.37. The Balaban J connectivity index is 2.19. The van der Waals surface area contributed by atoms with Gasteiger partial charge in [-0.1, -0.05) is 26.0 Å². The Hall–Kier alpha value is -3.28. The van der Waals surface area contributed by atoms with Crippen LogP contribution in [0.15, 0.2) is 48.5 Å². The van der Waals surface area contributed by atoms with Gasteiger partial charge in [0.2, 0.25) is 0 Å². The molecule has 6 heteroatoms. The molecule has 0 atom stereocenters. The zero-order chi connectivity index (χ0) is 21.7. The fourth-order valence-corrected chi connectivity index (χ4v) is 3.35. The van der Waals surface area contributed by atoms with E-state index in [0.717, 1.165) is 23.6 Å². The Morgan fingerprint density at radius 3 is 2.30 bits per heavy atom. The Morgan fingerprint density at radius 1 is 1.00 bits per heavy atom. The highest BCUT2D eigenvalue weighted by atomic mass is 16.5. The third kappa shape index (κ3) is 4.64. The monoisotopic (exact) mass is 408 g/mol. The molecule has 0 unspecified atom stereocenters. The minimum Gasteiger partial charge on any atom is -0.493 e. The molecule has 1 aromatic heterocycles. The lowest BCUT2D eigenvalue weighted by Gasteiger charge is -2.13. The maximum absolute atomic E-state index is 11.5. The third-order valence-electron chi connectivity index (χ3n) is 4.58. The number of benzene rings is 2. The van der Waals surface area contributed by atoms with Gasteiger partial charge in [-0.15, -0.1) is 0 Å². The Labute approximate surface area is 177 Å². The normalized spacial score (nSPS) is 11.0. The van der Waals surface area contributed by atoms with Gasteiger partial charge in [0.25, 0.3) is 0 Å². The number of aromatic nitrogens is 2. The molecular weight excluding hydrogens is 380 g/mol. The molecule has 6 nitrogen and oxygen atoms in total. The molecular formula is C24H28N2O4. The van der Waals surface area contributed by atoms with Gasteiger partial charge in [-0.3, -0.25) is 4.68 Å². The first kappa shape index (κ1) is 21.4. The molecule has 0 aliphatic carbocycles. The van der Waals surface area contributed by atoms with Gasteiger partial charge in [0.05, 0.1) is 30.2 Å². The van der Waals surface area contributed by atoms with E-state index >= 15 is 0 Å². The first-order chi connectivity index (χ1) is 14.4. The zero-order valence-corrected chi connectivity index (χ0v) is 17.9. The summed E-state index contributed by atoms with van der Waals surface area (Å²) in [5.74, 6) is 0.803. The number of nitrogens with zero attached hydrogens (tertiary/aromatic N) is 2. The van der Waals surface area contributed by atoms with Gasteiger partial charge in [-0.25, -0.2) is 4.79 Å². The van der Waals surface area contributed by atoms with Crippen molar-refractivity contribution in [3.05, 3.63) is 54.1 Å². The second-order valence-corrected chi connectivity index (χ2v) is 7.37. The Morgan fingerprint density at radius 2 is 1.67 bits per heavy atom. The van der Waals surface area contributed by atoms with Crippen molar-refractivity contribution in [3.63, 3.8) is 0 Å². The fraction of sp³-hybridized carbons (Fsp3) is 0.333. The van der Waals surface area contributed by atoms with Crippen LogP contribution in [0.1, 0.15) is 38.1 Å². The molecule has 0 saturated heterocycles. The summed E-state index contributed by atoms with van der Waals surface area (Å²) in [5, 5.41) is 14.3. The van der Waals surface area contributed by atoms with E-state index in [0.29, 0.717) is 36.1 Å². The average Bonchev–Trinajstić information content (AvgIpc) is 3.11. The van der Waals surface area contributed by atoms with Crippen LogP contribution in [0.5, 0.6) is 11.5 Å². The first-order valence-corrected chi connectivity index (χ1v) is 10.2. The average molecular weight is 408 g/mol. The van der Waals surface area contributed by atoms with Gasteiger partial charge in [0.15, 0.2) is 0 Å². The van der Waals surface area contributed by atoms with E-state index in [-0.39, 0.29) is 5.56 Å². The Bertz CT molecular complexity index is 1020. The number of rotatable bonds is 9. The van der Waals surface area contributed by atoms with Gasteiger partial charge in [0.1, 0.15) is 11.5 Å². The predicted molar refractivity (Wildman–Crippen MR) is 117 cm³/mol. The quantitative estimate of drug-likeness (QED) is 0.515. The number of carboxylic acids is 1. The lowest BCUT2D eigenvalue weighted by molar-refractivity contribution is 0.0697. The standard InChI is InChI=1S/C24H28N2O4/c1-5-29-22-10-8-7-9-18(22)21-14-20(25-26(21)15-16(3)4)19-13-17(24(27)28)11-12-23(19)30-6-2/h7-14,16H,5-6,15H2,1-4H3,(H,27,28). The van der Waals surface area contributed by atoms with Gasteiger partial charge in [-0.2, -0.15) is 5.10 Å². The van der Waals surface area contributed by atoms with E-state index in [4.69, 9.17) is 14.6 Å². The number of carbonyl (C=O) groups is 1. The van der Waals surface area contributed by atoms with E-state index in [9.17, 15) is 9.90 Å². The third-order valence-corrected chi connectivity index (χ3v) is 4.58. The lowest BCUT2D eigenvalue weighted by Crippen LogP contribution is -2.08. The topological polar surface area (TPSA) is 73.6 Å². The maximum atomic E-state index is 11.5. The van der Waals surface area contributed by atoms with Gasteiger partial charge in [0, 0.05) is 17.7 Å². The summed E-state index contributed by atoms with van der Waals surface area (Å²) < 4.78 is 13.6. The van der Waals surface area contributed by atoms with Crippen LogP contribution in [-0.2, 0) is 6.54 Å². The smallest absolute Gasteiger partial charge is 0.335 e. The molecule has 1 N–H and O–H groups in total. The molecule has 30 heavy (non-hydrogen) atoms. The first-order valence-electron chi connectivity index (χ1n) is 10.2. The molecule has 1 heterocycles. The van der Waals surface area contributed by atoms with Gasteiger partial charge < -0.3 is 14.6 Å². The maximum Gasteiger partial charge on any atom is 0.335 e. The highest BCUT2D eigenvalue weighted by molar-refractivity contribution is 5.90. The summed E-state index contributed by atoms with van der Waals surface area (Å²) in [4.78, 5) is 11.5. The molecule has 0 spiro atoms. The van der Waals surface area contributed by atoms with Crippen LogP contribution >= 0.6 is 0 Å². The lowest BCUT2D eigenvalue weighted by atomic mass is 10.0. The number of hydrogen-bond acceptors (Lipinski definition) is 4. The molecule has 0 radical (unpaired) electrons. The predicted octanol–water partition coefficient (Wildman–Crippen LogP) is 5.37. The molecule has 3 aromatic rings. The summed E-state index contributed by atoms with van der Waals surface area (Å²) in [7, 11) is 0. The summed E-state index contributed by atoms with van der Waals surface area (Å²) in [6.07, 6.45) is 0. The molecule has 158 valence electrons. The van der Waals surface area contributed by atoms with E-state index < -0.39 is 5.97 Å².